The van der Waals surface area contributed by atoms with E-state index in [-0.39, 0.29) is 12.4 Å². The Kier molecular flexibility index (Phi) is 6.41. The highest BCUT2D eigenvalue weighted by Gasteiger charge is 2.12. The molecule has 0 aliphatic rings. The van der Waals surface area contributed by atoms with E-state index in [1.54, 1.807) is 36.4 Å². The van der Waals surface area contributed by atoms with Crippen LogP contribution in [-0.4, -0.2) is 16.6 Å². The lowest BCUT2D eigenvalue weighted by Gasteiger charge is -2.13. The lowest BCUT2D eigenvalue weighted by Crippen LogP contribution is -2.01. The molecule has 0 saturated carbocycles. The van der Waals surface area contributed by atoms with Gasteiger partial charge in [0.15, 0.2) is 11.5 Å². The Bertz CT molecular complexity index is 1340. The Morgan fingerprint density at radius 3 is 2.61 bits per heavy atom. The lowest BCUT2D eigenvalue weighted by molar-refractivity contribution is 0.266. The summed E-state index contributed by atoms with van der Waals surface area (Å²) >= 11 is 0. The van der Waals surface area contributed by atoms with E-state index in [1.165, 1.54) is 6.07 Å². The minimum Gasteiger partial charge on any atom is -0.490 e. The van der Waals surface area contributed by atoms with Crippen LogP contribution in [0.3, 0.4) is 0 Å². The van der Waals surface area contributed by atoms with E-state index >= 15 is 0 Å². The van der Waals surface area contributed by atoms with Crippen molar-refractivity contribution in [2.24, 2.45) is 0 Å². The van der Waals surface area contributed by atoms with Crippen LogP contribution in [-0.2, 0) is 6.61 Å². The maximum atomic E-state index is 13.9. The number of hydrogen-bond acceptors (Lipinski definition) is 4. The number of ether oxygens (including phenoxy) is 2. The monoisotopic (exact) mass is 441 g/mol. The molecule has 0 fully saturated rings. The zero-order valence-electron chi connectivity index (χ0n) is 18.8. The molecular formula is C27H24FN3O2. The average molecular weight is 442 g/mol. The van der Waals surface area contributed by atoms with E-state index in [0.717, 1.165) is 27.7 Å². The number of halogens is 1. The van der Waals surface area contributed by atoms with Gasteiger partial charge in [-0.15, -0.1) is 0 Å². The van der Waals surface area contributed by atoms with Crippen LogP contribution in [0.5, 0.6) is 11.5 Å². The standard InChI is InChI=1S/C27H24FN3O2/c1-4-32-26-14-19(9-10-25(26)33-16-20-7-5-6-8-22(20)28)13-21(15-29)27-30-23-11-17(2)18(3)12-24(23)31-27/h5-14H,4,16H2,1-3H3,(H,30,31)/b21-13+. The summed E-state index contributed by atoms with van der Waals surface area (Å²) in [6.45, 7) is 6.48. The van der Waals surface area contributed by atoms with Gasteiger partial charge in [0.2, 0.25) is 0 Å². The van der Waals surface area contributed by atoms with Gasteiger partial charge in [-0.3, -0.25) is 0 Å². The summed E-state index contributed by atoms with van der Waals surface area (Å²) in [4.78, 5) is 7.83. The second kappa shape index (κ2) is 9.58. The van der Waals surface area contributed by atoms with Gasteiger partial charge in [0.1, 0.15) is 24.3 Å². The van der Waals surface area contributed by atoms with Crippen molar-refractivity contribution >= 4 is 22.7 Å². The molecule has 4 rings (SSSR count). The Labute approximate surface area is 192 Å². The molecule has 0 amide bonds. The quantitative estimate of drug-likeness (QED) is 0.339. The molecule has 1 N–H and O–H groups in total. The number of rotatable bonds is 7. The van der Waals surface area contributed by atoms with Crippen molar-refractivity contribution in [3.63, 3.8) is 0 Å². The highest BCUT2D eigenvalue weighted by molar-refractivity contribution is 5.90. The number of hydrogen-bond donors (Lipinski definition) is 1. The molecule has 0 saturated heterocycles. The fourth-order valence-corrected chi connectivity index (χ4v) is 3.49. The van der Waals surface area contributed by atoms with Gasteiger partial charge >= 0.3 is 0 Å². The van der Waals surface area contributed by atoms with Crippen LogP contribution in [0.15, 0.2) is 54.6 Å². The number of aryl methyl sites for hydroxylation is 2. The predicted molar refractivity (Wildman–Crippen MR) is 127 cm³/mol. The van der Waals surface area contributed by atoms with Crippen molar-refractivity contribution in [1.29, 1.82) is 5.26 Å². The van der Waals surface area contributed by atoms with Crippen LogP contribution >= 0.6 is 0 Å². The van der Waals surface area contributed by atoms with Crippen molar-refractivity contribution < 1.29 is 13.9 Å². The van der Waals surface area contributed by atoms with Crippen molar-refractivity contribution in [1.82, 2.24) is 9.97 Å². The SMILES string of the molecule is CCOc1cc(/C=C(\C#N)c2nc3cc(C)c(C)cc3[nH]2)ccc1OCc1ccccc1F. The van der Waals surface area contributed by atoms with Gasteiger partial charge in [0.25, 0.3) is 0 Å². The Hall–Kier alpha value is -4.11. The largest absolute Gasteiger partial charge is 0.490 e. The van der Waals surface area contributed by atoms with E-state index in [0.29, 0.717) is 35.1 Å². The van der Waals surface area contributed by atoms with Gasteiger partial charge in [-0.2, -0.15) is 5.26 Å². The average Bonchev–Trinajstić information content (AvgIpc) is 3.20. The maximum Gasteiger partial charge on any atom is 0.161 e. The fraction of sp³-hybridized carbons (Fsp3) is 0.185. The van der Waals surface area contributed by atoms with E-state index in [9.17, 15) is 9.65 Å². The number of aromatic nitrogens is 2. The topological polar surface area (TPSA) is 70.9 Å². The van der Waals surface area contributed by atoms with Gasteiger partial charge in [-0.1, -0.05) is 24.3 Å². The minimum atomic E-state index is -0.315. The molecule has 0 spiro atoms. The van der Waals surface area contributed by atoms with Gasteiger partial charge in [0.05, 0.1) is 23.2 Å². The molecular weight excluding hydrogens is 417 g/mol. The molecule has 6 heteroatoms. The molecule has 0 radical (unpaired) electrons. The second-order valence-corrected chi connectivity index (χ2v) is 7.73. The number of H-pyrrole nitrogens is 1. The highest BCUT2D eigenvalue weighted by Crippen LogP contribution is 2.31. The fourth-order valence-electron chi connectivity index (χ4n) is 3.49. The summed E-state index contributed by atoms with van der Waals surface area (Å²) in [6, 6.07) is 18.2. The van der Waals surface area contributed by atoms with E-state index in [2.05, 4.69) is 16.0 Å². The predicted octanol–water partition coefficient (Wildman–Crippen LogP) is 6.36. The van der Waals surface area contributed by atoms with Gasteiger partial charge < -0.3 is 14.5 Å². The Morgan fingerprint density at radius 2 is 1.85 bits per heavy atom. The first-order valence-corrected chi connectivity index (χ1v) is 10.7. The van der Waals surface area contributed by atoms with E-state index < -0.39 is 0 Å². The van der Waals surface area contributed by atoms with Crippen LogP contribution in [0, 0.1) is 31.0 Å². The molecule has 4 aromatic rings. The molecule has 166 valence electrons. The Balaban J connectivity index is 1.63. The Morgan fingerprint density at radius 1 is 1.06 bits per heavy atom. The number of fused-ring (bicyclic) bond motifs is 1. The summed E-state index contributed by atoms with van der Waals surface area (Å²) in [5.41, 5.74) is 5.65. The van der Waals surface area contributed by atoms with E-state index in [1.807, 2.05) is 39.0 Å². The van der Waals surface area contributed by atoms with Crippen LogP contribution < -0.4 is 9.47 Å². The summed E-state index contributed by atoms with van der Waals surface area (Å²) in [6.07, 6.45) is 1.75. The molecule has 1 aromatic heterocycles. The van der Waals surface area contributed by atoms with Crippen molar-refractivity contribution in [3.8, 4) is 17.6 Å². The first kappa shape index (κ1) is 22.1. The van der Waals surface area contributed by atoms with E-state index in [4.69, 9.17) is 9.47 Å². The van der Waals surface area contributed by atoms with Gasteiger partial charge in [0, 0.05) is 5.56 Å². The highest BCUT2D eigenvalue weighted by atomic mass is 19.1. The number of imidazole rings is 1. The number of nitrogens with one attached hydrogen (secondary N) is 1. The molecule has 0 unspecified atom stereocenters. The van der Waals surface area contributed by atoms with Gasteiger partial charge in [-0.25, -0.2) is 9.37 Å². The van der Waals surface area contributed by atoms with Crippen molar-refractivity contribution in [3.05, 3.63) is 88.5 Å². The molecule has 5 nitrogen and oxygen atoms in total. The first-order chi connectivity index (χ1) is 16.0. The minimum absolute atomic E-state index is 0.0865. The number of benzene rings is 3. The van der Waals surface area contributed by atoms with Crippen LogP contribution in [0.4, 0.5) is 4.39 Å². The number of nitriles is 1. The number of aromatic amines is 1. The molecule has 1 heterocycles. The maximum absolute atomic E-state index is 13.9. The molecule has 0 bridgehead atoms. The second-order valence-electron chi connectivity index (χ2n) is 7.73. The molecule has 0 atom stereocenters. The normalized spacial score (nSPS) is 11.4. The zero-order valence-corrected chi connectivity index (χ0v) is 18.8. The molecule has 0 aliphatic heterocycles. The van der Waals surface area contributed by atoms with Crippen molar-refractivity contribution in [2.75, 3.05) is 6.61 Å². The summed E-state index contributed by atoms with van der Waals surface area (Å²) in [7, 11) is 0. The summed E-state index contributed by atoms with van der Waals surface area (Å²) < 4.78 is 25.5. The zero-order chi connectivity index (χ0) is 23.4. The third-order valence-electron chi connectivity index (χ3n) is 5.39. The molecule has 33 heavy (non-hydrogen) atoms. The van der Waals surface area contributed by atoms with Crippen LogP contribution in [0.2, 0.25) is 0 Å². The molecule has 3 aromatic carbocycles. The number of allylic oxidation sites excluding steroid dienone is 1. The third-order valence-corrected chi connectivity index (χ3v) is 5.39. The van der Waals surface area contributed by atoms with Gasteiger partial charge in [-0.05, 0) is 73.9 Å². The van der Waals surface area contributed by atoms with Crippen LogP contribution in [0.25, 0.3) is 22.7 Å². The smallest absolute Gasteiger partial charge is 0.161 e. The number of nitrogens with zero attached hydrogens (tertiary/aromatic N) is 2. The summed E-state index contributed by atoms with van der Waals surface area (Å²) in [5.74, 6) is 1.22. The third kappa shape index (κ3) is 4.88. The summed E-state index contributed by atoms with van der Waals surface area (Å²) in [5, 5.41) is 9.77. The first-order valence-electron chi connectivity index (χ1n) is 10.7. The van der Waals surface area contributed by atoms with Crippen LogP contribution in [0.1, 0.15) is 35.0 Å². The lowest BCUT2D eigenvalue weighted by atomic mass is 10.1. The van der Waals surface area contributed by atoms with Crippen molar-refractivity contribution in [2.45, 2.75) is 27.4 Å². The molecule has 0 aliphatic carbocycles.